The van der Waals surface area contributed by atoms with E-state index < -0.39 is 9.05 Å². The number of hydrogen-bond acceptors (Lipinski definition) is 3. The highest BCUT2D eigenvalue weighted by Crippen LogP contribution is 2.28. The lowest BCUT2D eigenvalue weighted by Crippen LogP contribution is -2.01. The zero-order valence-electron chi connectivity index (χ0n) is 9.89. The molecule has 3 nitrogen and oxygen atoms in total. The van der Waals surface area contributed by atoms with Gasteiger partial charge in [-0.1, -0.05) is 30.3 Å². The zero-order chi connectivity index (χ0) is 13.2. The second-order valence-corrected chi connectivity index (χ2v) is 6.86. The predicted octanol–water partition coefficient (Wildman–Crippen LogP) is 2.96. The van der Waals surface area contributed by atoms with Crippen molar-refractivity contribution in [2.75, 3.05) is 12.9 Å². The summed E-state index contributed by atoms with van der Waals surface area (Å²) in [6.45, 7) is 0. The van der Waals surface area contributed by atoms with Crippen LogP contribution in [0.4, 0.5) is 0 Å². The van der Waals surface area contributed by atoms with E-state index in [-0.39, 0.29) is 5.75 Å². The molecule has 0 saturated carbocycles. The minimum atomic E-state index is -3.47. The van der Waals surface area contributed by atoms with Crippen LogP contribution in [0.2, 0.25) is 0 Å². The molecular formula is C13H13ClO3S. The van der Waals surface area contributed by atoms with Crippen LogP contribution < -0.4 is 4.74 Å². The maximum absolute atomic E-state index is 11.0. The molecule has 0 heterocycles. The molecule has 18 heavy (non-hydrogen) atoms. The van der Waals surface area contributed by atoms with Gasteiger partial charge in [-0.05, 0) is 23.4 Å². The smallest absolute Gasteiger partial charge is 0.232 e. The van der Waals surface area contributed by atoms with Crippen molar-refractivity contribution >= 4 is 30.5 Å². The average molecular weight is 285 g/mol. The van der Waals surface area contributed by atoms with E-state index in [2.05, 4.69) is 0 Å². The van der Waals surface area contributed by atoms with Gasteiger partial charge in [0.2, 0.25) is 9.05 Å². The first kappa shape index (κ1) is 13.2. The highest BCUT2D eigenvalue weighted by Gasteiger charge is 2.10. The number of halogens is 1. The van der Waals surface area contributed by atoms with Crippen LogP contribution >= 0.6 is 10.7 Å². The maximum Gasteiger partial charge on any atom is 0.232 e. The van der Waals surface area contributed by atoms with Gasteiger partial charge in [0.15, 0.2) is 0 Å². The molecule has 2 rings (SSSR count). The lowest BCUT2D eigenvalue weighted by atomic mass is 10.0. The maximum atomic E-state index is 11.0. The number of benzene rings is 2. The highest BCUT2D eigenvalue weighted by atomic mass is 35.7. The van der Waals surface area contributed by atoms with Crippen molar-refractivity contribution in [3.63, 3.8) is 0 Å². The minimum Gasteiger partial charge on any atom is -0.496 e. The normalized spacial score (nSPS) is 11.7. The van der Waals surface area contributed by atoms with Crippen LogP contribution in [0.5, 0.6) is 5.75 Å². The fourth-order valence-electron chi connectivity index (χ4n) is 1.96. The molecule has 0 aliphatic rings. The number of rotatable bonds is 4. The lowest BCUT2D eigenvalue weighted by Gasteiger charge is -2.09. The Hall–Kier alpha value is -1.26. The monoisotopic (exact) mass is 284 g/mol. The largest absolute Gasteiger partial charge is 0.496 e. The van der Waals surface area contributed by atoms with Crippen molar-refractivity contribution in [1.29, 1.82) is 0 Å². The van der Waals surface area contributed by atoms with Crippen molar-refractivity contribution in [2.45, 2.75) is 6.42 Å². The first-order valence-corrected chi connectivity index (χ1v) is 7.96. The molecule has 0 atom stereocenters. The van der Waals surface area contributed by atoms with Crippen LogP contribution in [-0.4, -0.2) is 21.3 Å². The molecule has 0 aromatic heterocycles. The molecule has 0 N–H and O–H groups in total. The first-order chi connectivity index (χ1) is 8.51. The van der Waals surface area contributed by atoms with Crippen molar-refractivity contribution in [3.8, 4) is 5.75 Å². The molecule has 0 radical (unpaired) electrons. The van der Waals surface area contributed by atoms with Crippen LogP contribution in [0.15, 0.2) is 36.4 Å². The van der Waals surface area contributed by atoms with E-state index in [0.717, 1.165) is 22.1 Å². The number of methoxy groups -OCH3 is 1. The number of hydrogen-bond donors (Lipinski definition) is 0. The summed E-state index contributed by atoms with van der Waals surface area (Å²) in [5.41, 5.74) is 0.954. The molecule has 5 heteroatoms. The van der Waals surface area contributed by atoms with Gasteiger partial charge in [0.05, 0.1) is 12.9 Å². The number of ether oxygens (including phenoxy) is 1. The molecule has 2 aromatic carbocycles. The van der Waals surface area contributed by atoms with E-state index in [1.807, 2.05) is 36.4 Å². The summed E-state index contributed by atoms with van der Waals surface area (Å²) in [6, 6.07) is 11.5. The van der Waals surface area contributed by atoms with E-state index in [1.54, 1.807) is 7.11 Å². The minimum absolute atomic E-state index is 0.0646. The molecule has 0 unspecified atom stereocenters. The fraction of sp³-hybridized carbons (Fsp3) is 0.231. The Labute approximate surface area is 111 Å². The highest BCUT2D eigenvalue weighted by molar-refractivity contribution is 8.13. The first-order valence-electron chi connectivity index (χ1n) is 5.48. The third-order valence-corrected chi connectivity index (χ3v) is 3.96. The van der Waals surface area contributed by atoms with Gasteiger partial charge < -0.3 is 4.74 Å². The van der Waals surface area contributed by atoms with Gasteiger partial charge in [-0.15, -0.1) is 0 Å². The van der Waals surface area contributed by atoms with Crippen LogP contribution in [0, 0.1) is 0 Å². The van der Waals surface area contributed by atoms with E-state index in [4.69, 9.17) is 15.4 Å². The number of fused-ring (bicyclic) bond motifs is 1. The molecule has 96 valence electrons. The molecule has 0 saturated heterocycles. The Balaban J connectivity index is 2.46. The van der Waals surface area contributed by atoms with Gasteiger partial charge in [0, 0.05) is 16.1 Å². The predicted molar refractivity (Wildman–Crippen MR) is 73.8 cm³/mol. The van der Waals surface area contributed by atoms with E-state index >= 15 is 0 Å². The molecule has 0 fully saturated rings. The van der Waals surface area contributed by atoms with E-state index in [9.17, 15) is 8.42 Å². The summed E-state index contributed by atoms with van der Waals surface area (Å²) in [7, 11) is 3.39. The van der Waals surface area contributed by atoms with Crippen LogP contribution in [0.1, 0.15) is 5.56 Å². The Morgan fingerprint density at radius 3 is 2.39 bits per heavy atom. The Morgan fingerprint density at radius 1 is 1.11 bits per heavy atom. The summed E-state index contributed by atoms with van der Waals surface area (Å²) in [5.74, 6) is 0.716. The molecular weight excluding hydrogens is 272 g/mol. The third kappa shape index (κ3) is 2.94. The van der Waals surface area contributed by atoms with Gasteiger partial charge >= 0.3 is 0 Å². The Morgan fingerprint density at radius 2 is 1.78 bits per heavy atom. The Kier molecular flexibility index (Phi) is 3.78. The van der Waals surface area contributed by atoms with Gasteiger partial charge in [0.25, 0.3) is 0 Å². The van der Waals surface area contributed by atoms with Gasteiger partial charge in [-0.3, -0.25) is 0 Å². The Bertz CT molecular complexity index is 665. The molecule has 0 amide bonds. The second-order valence-electron chi connectivity index (χ2n) is 3.97. The van der Waals surface area contributed by atoms with Gasteiger partial charge in [-0.25, -0.2) is 8.42 Å². The van der Waals surface area contributed by atoms with Crippen molar-refractivity contribution in [1.82, 2.24) is 0 Å². The summed E-state index contributed by atoms with van der Waals surface area (Å²) in [4.78, 5) is 0. The molecule has 0 aliphatic carbocycles. The quantitative estimate of drug-likeness (QED) is 0.811. The molecule has 0 aliphatic heterocycles. The van der Waals surface area contributed by atoms with Crippen LogP contribution in [0.3, 0.4) is 0 Å². The summed E-state index contributed by atoms with van der Waals surface area (Å²) in [5, 5.41) is 1.97. The summed E-state index contributed by atoms with van der Waals surface area (Å²) >= 11 is 0. The van der Waals surface area contributed by atoms with Crippen molar-refractivity contribution in [3.05, 3.63) is 42.0 Å². The molecule has 0 bridgehead atoms. The fourth-order valence-corrected chi connectivity index (χ4v) is 2.66. The average Bonchev–Trinajstić information content (AvgIpc) is 2.35. The summed E-state index contributed by atoms with van der Waals surface area (Å²) in [6.07, 6.45) is 0.399. The second kappa shape index (κ2) is 5.16. The SMILES string of the molecule is COc1ccc(CCS(=O)(=O)Cl)c2ccccc12. The topological polar surface area (TPSA) is 43.4 Å². The number of aryl methyl sites for hydroxylation is 1. The standard InChI is InChI=1S/C13H13ClO3S/c1-17-13-7-6-10(8-9-18(14,15)16)11-4-2-3-5-12(11)13/h2-7H,8-9H2,1H3. The van der Waals surface area contributed by atoms with Crippen molar-refractivity contribution < 1.29 is 13.2 Å². The summed E-state index contributed by atoms with van der Waals surface area (Å²) < 4.78 is 27.3. The zero-order valence-corrected chi connectivity index (χ0v) is 11.5. The third-order valence-electron chi connectivity index (χ3n) is 2.81. The van der Waals surface area contributed by atoms with Gasteiger partial charge in [0.1, 0.15) is 5.75 Å². The molecule has 0 spiro atoms. The van der Waals surface area contributed by atoms with Crippen molar-refractivity contribution in [2.24, 2.45) is 0 Å². The van der Waals surface area contributed by atoms with Crippen LogP contribution in [0.25, 0.3) is 10.8 Å². The van der Waals surface area contributed by atoms with E-state index in [0.29, 0.717) is 6.42 Å². The lowest BCUT2D eigenvalue weighted by molar-refractivity contribution is 0.419. The van der Waals surface area contributed by atoms with Gasteiger partial charge in [-0.2, -0.15) is 0 Å². The molecule has 2 aromatic rings. The van der Waals surface area contributed by atoms with Crippen LogP contribution in [-0.2, 0) is 15.5 Å². The van der Waals surface area contributed by atoms with E-state index in [1.165, 1.54) is 0 Å².